The molecule has 0 aliphatic rings. The fourth-order valence-corrected chi connectivity index (χ4v) is 1.20. The summed E-state index contributed by atoms with van der Waals surface area (Å²) >= 11 is 0. The zero-order valence-corrected chi connectivity index (χ0v) is 9.38. The minimum atomic E-state index is -1.02. The molecule has 0 saturated carbocycles. The van der Waals surface area contributed by atoms with Gasteiger partial charge in [-0.05, 0) is 6.92 Å². The van der Waals surface area contributed by atoms with Gasteiger partial charge in [-0.25, -0.2) is 14.8 Å². The van der Waals surface area contributed by atoms with E-state index in [1.807, 2.05) is 11.8 Å². The highest BCUT2D eigenvalue weighted by Crippen LogP contribution is 2.06. The Kier molecular flexibility index (Phi) is 4.65. The molecule has 0 saturated heterocycles. The second kappa shape index (κ2) is 6.02. The van der Waals surface area contributed by atoms with Crippen molar-refractivity contribution in [3.63, 3.8) is 0 Å². The van der Waals surface area contributed by atoms with Gasteiger partial charge in [0.25, 0.3) is 0 Å². The molecule has 16 heavy (non-hydrogen) atoms. The molecule has 1 N–H and O–H groups in total. The van der Waals surface area contributed by atoms with Crippen molar-refractivity contribution in [3.8, 4) is 0 Å². The van der Waals surface area contributed by atoms with Crippen LogP contribution < -0.4 is 4.90 Å². The van der Waals surface area contributed by atoms with Gasteiger partial charge in [0, 0.05) is 32.6 Å². The minimum Gasteiger partial charge on any atom is -0.478 e. The molecule has 0 amide bonds. The number of likely N-dealkylation sites (N-methyl/N-ethyl adjacent to an activating group) is 1. The summed E-state index contributed by atoms with van der Waals surface area (Å²) in [7, 11) is 1.63. The number of carbonyl (C=O) groups is 1. The van der Waals surface area contributed by atoms with E-state index in [4.69, 9.17) is 9.84 Å². The fraction of sp³-hybridized carbons (Fsp3) is 0.500. The van der Waals surface area contributed by atoms with E-state index >= 15 is 0 Å². The summed E-state index contributed by atoms with van der Waals surface area (Å²) in [4.78, 5) is 20.5. The average Bonchev–Trinajstić information content (AvgIpc) is 2.30. The maximum absolute atomic E-state index is 10.6. The molecule has 0 aliphatic carbocycles. The average molecular weight is 225 g/mol. The molecule has 1 rings (SSSR count). The summed E-state index contributed by atoms with van der Waals surface area (Å²) in [5.74, 6) is -0.504. The Balaban J connectivity index is 2.74. The lowest BCUT2D eigenvalue weighted by Crippen LogP contribution is -2.28. The fourth-order valence-electron chi connectivity index (χ4n) is 1.20. The molecule has 0 bridgehead atoms. The molecule has 0 aromatic carbocycles. The van der Waals surface area contributed by atoms with E-state index in [0.717, 1.165) is 6.54 Å². The zero-order valence-electron chi connectivity index (χ0n) is 9.38. The topological polar surface area (TPSA) is 75.5 Å². The molecule has 0 aliphatic heterocycles. The van der Waals surface area contributed by atoms with Crippen LogP contribution in [0.1, 0.15) is 17.3 Å². The first-order valence-electron chi connectivity index (χ1n) is 4.98. The second-order valence-corrected chi connectivity index (χ2v) is 3.15. The van der Waals surface area contributed by atoms with E-state index < -0.39 is 5.97 Å². The number of carboxylic acids is 1. The monoisotopic (exact) mass is 225 g/mol. The third kappa shape index (κ3) is 3.16. The van der Waals surface area contributed by atoms with Gasteiger partial charge < -0.3 is 14.7 Å². The third-order valence-electron chi connectivity index (χ3n) is 2.12. The number of nitrogens with zero attached hydrogens (tertiary/aromatic N) is 3. The summed E-state index contributed by atoms with van der Waals surface area (Å²) in [5, 5.41) is 8.70. The number of methoxy groups -OCH3 is 1. The van der Waals surface area contributed by atoms with Crippen LogP contribution in [0, 0.1) is 0 Å². The quantitative estimate of drug-likeness (QED) is 0.766. The Morgan fingerprint density at radius 2 is 2.12 bits per heavy atom. The van der Waals surface area contributed by atoms with Gasteiger partial charge in [-0.3, -0.25) is 0 Å². The number of aromatic nitrogens is 2. The van der Waals surface area contributed by atoms with Crippen LogP contribution in [0.4, 0.5) is 5.95 Å². The van der Waals surface area contributed by atoms with Crippen molar-refractivity contribution in [2.24, 2.45) is 0 Å². The first kappa shape index (κ1) is 12.4. The van der Waals surface area contributed by atoms with Gasteiger partial charge in [-0.2, -0.15) is 0 Å². The Morgan fingerprint density at radius 3 is 2.56 bits per heavy atom. The Bertz CT molecular complexity index is 340. The first-order valence-corrected chi connectivity index (χ1v) is 4.98. The van der Waals surface area contributed by atoms with Crippen LogP contribution in [0.3, 0.4) is 0 Å². The molecular formula is C10H15N3O3. The number of ether oxygens (including phenoxy) is 1. The number of anilines is 1. The van der Waals surface area contributed by atoms with Gasteiger partial charge in [-0.1, -0.05) is 0 Å². The molecule has 1 aromatic rings. The summed E-state index contributed by atoms with van der Waals surface area (Å²) in [6.07, 6.45) is 2.61. The number of hydrogen-bond donors (Lipinski definition) is 1. The van der Waals surface area contributed by atoms with E-state index in [9.17, 15) is 4.79 Å². The molecule has 0 atom stereocenters. The van der Waals surface area contributed by atoms with Crippen molar-refractivity contribution in [1.29, 1.82) is 0 Å². The molecule has 0 unspecified atom stereocenters. The maximum atomic E-state index is 10.6. The van der Waals surface area contributed by atoms with Crippen LogP contribution in [0.25, 0.3) is 0 Å². The van der Waals surface area contributed by atoms with E-state index in [0.29, 0.717) is 19.1 Å². The van der Waals surface area contributed by atoms with Crippen molar-refractivity contribution in [2.45, 2.75) is 6.92 Å². The predicted octanol–water partition coefficient (Wildman–Crippen LogP) is 0.647. The normalized spacial score (nSPS) is 10.1. The van der Waals surface area contributed by atoms with Crippen molar-refractivity contribution in [3.05, 3.63) is 18.0 Å². The van der Waals surface area contributed by atoms with Gasteiger partial charge in [0.2, 0.25) is 5.95 Å². The summed E-state index contributed by atoms with van der Waals surface area (Å²) in [6.45, 7) is 3.98. The maximum Gasteiger partial charge on any atom is 0.338 e. The smallest absolute Gasteiger partial charge is 0.338 e. The van der Waals surface area contributed by atoms with E-state index in [2.05, 4.69) is 9.97 Å². The molecule has 0 fully saturated rings. The van der Waals surface area contributed by atoms with Crippen LogP contribution in [0.5, 0.6) is 0 Å². The Labute approximate surface area is 93.9 Å². The second-order valence-electron chi connectivity index (χ2n) is 3.15. The van der Waals surface area contributed by atoms with Crippen molar-refractivity contribution >= 4 is 11.9 Å². The number of carboxylic acid groups (broad SMARTS) is 1. The Morgan fingerprint density at radius 1 is 1.50 bits per heavy atom. The molecule has 0 spiro atoms. The van der Waals surface area contributed by atoms with Crippen LogP contribution in [-0.4, -0.2) is 47.8 Å². The molecule has 6 heteroatoms. The lowest BCUT2D eigenvalue weighted by atomic mass is 10.3. The standard InChI is InChI=1S/C10H15N3O3/c1-3-13(4-5-16-2)10-11-6-8(7-12-10)9(14)15/h6-7H,3-5H2,1-2H3,(H,14,15). The van der Waals surface area contributed by atoms with Crippen LogP contribution in [0.2, 0.25) is 0 Å². The van der Waals surface area contributed by atoms with E-state index in [1.165, 1.54) is 12.4 Å². The summed E-state index contributed by atoms with van der Waals surface area (Å²) < 4.78 is 4.97. The Hall–Kier alpha value is -1.69. The lowest BCUT2D eigenvalue weighted by Gasteiger charge is -2.19. The molecule has 88 valence electrons. The van der Waals surface area contributed by atoms with Gasteiger partial charge in [-0.15, -0.1) is 0 Å². The van der Waals surface area contributed by atoms with Gasteiger partial charge in [0.15, 0.2) is 0 Å². The minimum absolute atomic E-state index is 0.0894. The zero-order chi connectivity index (χ0) is 12.0. The lowest BCUT2D eigenvalue weighted by molar-refractivity contribution is 0.0696. The SMILES string of the molecule is CCN(CCOC)c1ncc(C(=O)O)cn1. The first-order chi connectivity index (χ1) is 7.69. The van der Waals surface area contributed by atoms with Gasteiger partial charge >= 0.3 is 5.97 Å². The molecule has 0 radical (unpaired) electrons. The van der Waals surface area contributed by atoms with Crippen molar-refractivity contribution in [1.82, 2.24) is 9.97 Å². The van der Waals surface area contributed by atoms with E-state index in [1.54, 1.807) is 7.11 Å². The number of hydrogen-bond acceptors (Lipinski definition) is 5. The summed E-state index contributed by atoms with van der Waals surface area (Å²) in [5.41, 5.74) is 0.0894. The predicted molar refractivity (Wildman–Crippen MR) is 58.8 cm³/mol. The highest BCUT2D eigenvalue weighted by Gasteiger charge is 2.09. The van der Waals surface area contributed by atoms with Gasteiger partial charge in [0.05, 0.1) is 12.2 Å². The van der Waals surface area contributed by atoms with Gasteiger partial charge in [0.1, 0.15) is 0 Å². The largest absolute Gasteiger partial charge is 0.478 e. The van der Waals surface area contributed by atoms with E-state index in [-0.39, 0.29) is 5.56 Å². The van der Waals surface area contributed by atoms with Crippen molar-refractivity contribution < 1.29 is 14.6 Å². The molecule has 1 heterocycles. The highest BCUT2D eigenvalue weighted by molar-refractivity contribution is 5.86. The molecule has 6 nitrogen and oxygen atoms in total. The molecule has 1 aromatic heterocycles. The molecular weight excluding hydrogens is 210 g/mol. The highest BCUT2D eigenvalue weighted by atomic mass is 16.5. The number of aromatic carboxylic acids is 1. The third-order valence-corrected chi connectivity index (χ3v) is 2.12. The van der Waals surface area contributed by atoms with Crippen LogP contribution in [0.15, 0.2) is 12.4 Å². The van der Waals surface area contributed by atoms with Crippen LogP contribution >= 0.6 is 0 Å². The summed E-state index contributed by atoms with van der Waals surface area (Å²) in [6, 6.07) is 0. The number of rotatable bonds is 6. The van der Waals surface area contributed by atoms with Crippen molar-refractivity contribution in [2.75, 3.05) is 31.7 Å². The van der Waals surface area contributed by atoms with Crippen LogP contribution in [-0.2, 0) is 4.74 Å².